The van der Waals surface area contributed by atoms with Gasteiger partial charge in [0.05, 0.1) is 0 Å². The lowest BCUT2D eigenvalue weighted by Crippen LogP contribution is -2.44. The molecule has 6 nitrogen and oxygen atoms in total. The van der Waals surface area contributed by atoms with Crippen LogP contribution in [0.4, 0.5) is 0 Å². The first kappa shape index (κ1) is 16.7. The molecule has 7 heteroatoms. The lowest BCUT2D eigenvalue weighted by atomic mass is 9.95. The molecular formula is C17H20N2O4S. The third-order valence-corrected chi connectivity index (χ3v) is 5.05. The number of primary sulfonamides is 1. The van der Waals surface area contributed by atoms with Gasteiger partial charge in [-0.2, -0.15) is 0 Å². The van der Waals surface area contributed by atoms with Crippen LogP contribution in [-0.2, 0) is 16.4 Å². The Balaban J connectivity index is 1.79. The molecule has 0 bridgehead atoms. The first-order valence-electron chi connectivity index (χ1n) is 7.92. The van der Waals surface area contributed by atoms with Gasteiger partial charge in [0.2, 0.25) is 5.09 Å². The number of hydrogen-bond donors (Lipinski definition) is 1. The minimum Gasteiger partial charge on any atom is -0.438 e. The van der Waals surface area contributed by atoms with E-state index in [0.29, 0.717) is 6.54 Å². The van der Waals surface area contributed by atoms with E-state index in [9.17, 15) is 13.2 Å². The van der Waals surface area contributed by atoms with Crippen molar-refractivity contribution in [3.8, 4) is 0 Å². The molecule has 0 radical (unpaired) electrons. The van der Waals surface area contributed by atoms with Crippen LogP contribution in [0.5, 0.6) is 0 Å². The predicted molar refractivity (Wildman–Crippen MR) is 88.9 cm³/mol. The second kappa shape index (κ2) is 6.78. The summed E-state index contributed by atoms with van der Waals surface area (Å²) in [5, 5.41) is 4.65. The van der Waals surface area contributed by atoms with E-state index in [1.165, 1.54) is 17.7 Å². The minimum atomic E-state index is -3.95. The molecule has 1 fully saturated rings. The average molecular weight is 348 g/mol. The smallest absolute Gasteiger partial charge is 0.289 e. The van der Waals surface area contributed by atoms with Crippen molar-refractivity contribution in [2.24, 2.45) is 5.14 Å². The summed E-state index contributed by atoms with van der Waals surface area (Å²) < 4.78 is 27.8. The van der Waals surface area contributed by atoms with Gasteiger partial charge in [0, 0.05) is 12.6 Å². The first-order valence-corrected chi connectivity index (χ1v) is 9.47. The molecule has 24 heavy (non-hydrogen) atoms. The van der Waals surface area contributed by atoms with E-state index < -0.39 is 10.0 Å². The zero-order valence-corrected chi connectivity index (χ0v) is 14.0. The summed E-state index contributed by atoms with van der Waals surface area (Å²) in [6.07, 6.45) is 3.69. The summed E-state index contributed by atoms with van der Waals surface area (Å²) in [4.78, 5) is 14.5. The highest BCUT2D eigenvalue weighted by Gasteiger charge is 2.30. The van der Waals surface area contributed by atoms with Gasteiger partial charge in [0.1, 0.15) is 0 Å². The number of carbonyl (C=O) groups excluding carboxylic acids is 1. The topological polar surface area (TPSA) is 93.6 Å². The third-order valence-electron chi connectivity index (χ3n) is 4.27. The first-order chi connectivity index (χ1) is 11.4. The van der Waals surface area contributed by atoms with Gasteiger partial charge in [-0.3, -0.25) is 4.79 Å². The molecule has 0 saturated carbocycles. The van der Waals surface area contributed by atoms with Crippen LogP contribution in [0.1, 0.15) is 35.4 Å². The highest BCUT2D eigenvalue weighted by atomic mass is 32.2. The van der Waals surface area contributed by atoms with Gasteiger partial charge in [-0.15, -0.1) is 0 Å². The second-order valence-electron chi connectivity index (χ2n) is 6.00. The Kier molecular flexibility index (Phi) is 4.73. The van der Waals surface area contributed by atoms with Crippen LogP contribution < -0.4 is 5.14 Å². The number of rotatable bonds is 4. The van der Waals surface area contributed by atoms with Gasteiger partial charge in [0.25, 0.3) is 15.9 Å². The Morgan fingerprint density at radius 3 is 2.58 bits per heavy atom. The Labute approximate surface area is 141 Å². The highest BCUT2D eigenvalue weighted by Crippen LogP contribution is 2.24. The van der Waals surface area contributed by atoms with E-state index in [1.807, 2.05) is 30.3 Å². The SMILES string of the molecule is NS(=O)(=O)c1ccc(C(=O)N2CCCC[C@@H]2Cc2ccccc2)o1. The molecule has 2 heterocycles. The molecule has 0 aliphatic carbocycles. The van der Waals surface area contributed by atoms with Crippen LogP contribution in [0, 0.1) is 0 Å². The number of piperidine rings is 1. The van der Waals surface area contributed by atoms with Crippen LogP contribution in [0.2, 0.25) is 0 Å². The zero-order valence-electron chi connectivity index (χ0n) is 13.2. The molecule has 1 aromatic carbocycles. The number of sulfonamides is 1. The van der Waals surface area contributed by atoms with Crippen molar-refractivity contribution >= 4 is 15.9 Å². The van der Waals surface area contributed by atoms with Crippen molar-refractivity contribution in [2.75, 3.05) is 6.54 Å². The Hall–Kier alpha value is -2.12. The Morgan fingerprint density at radius 2 is 1.92 bits per heavy atom. The molecule has 0 unspecified atom stereocenters. The Morgan fingerprint density at radius 1 is 1.17 bits per heavy atom. The maximum absolute atomic E-state index is 12.7. The molecule has 128 valence electrons. The number of furan rings is 1. The van der Waals surface area contributed by atoms with Crippen molar-refractivity contribution in [3.05, 3.63) is 53.8 Å². The minimum absolute atomic E-state index is 0.0130. The van der Waals surface area contributed by atoms with E-state index in [2.05, 4.69) is 0 Å². The van der Waals surface area contributed by atoms with Crippen LogP contribution in [0.15, 0.2) is 52.0 Å². The molecule has 0 spiro atoms. The largest absolute Gasteiger partial charge is 0.438 e. The molecular weight excluding hydrogens is 328 g/mol. The lowest BCUT2D eigenvalue weighted by Gasteiger charge is -2.35. The lowest BCUT2D eigenvalue weighted by molar-refractivity contribution is 0.0575. The van der Waals surface area contributed by atoms with Crippen LogP contribution in [0.25, 0.3) is 0 Å². The fourth-order valence-corrected chi connectivity index (χ4v) is 3.56. The van der Waals surface area contributed by atoms with Gasteiger partial charge in [-0.1, -0.05) is 30.3 Å². The normalized spacial score (nSPS) is 18.5. The molecule has 3 rings (SSSR count). The van der Waals surface area contributed by atoms with Crippen LogP contribution in [0.3, 0.4) is 0 Å². The molecule has 1 atom stereocenters. The Bertz CT molecular complexity index is 814. The molecule has 1 aliphatic heterocycles. The molecule has 2 N–H and O–H groups in total. The van der Waals surface area contributed by atoms with Crippen LogP contribution in [-0.4, -0.2) is 31.8 Å². The van der Waals surface area contributed by atoms with E-state index in [0.717, 1.165) is 25.7 Å². The fraction of sp³-hybridized carbons (Fsp3) is 0.353. The summed E-state index contributed by atoms with van der Waals surface area (Å²) in [5.74, 6) is -0.274. The number of nitrogens with two attached hydrogens (primary N) is 1. The number of likely N-dealkylation sites (tertiary alicyclic amines) is 1. The average Bonchev–Trinajstić information content (AvgIpc) is 3.06. The molecule has 1 aromatic heterocycles. The summed E-state index contributed by atoms with van der Waals surface area (Å²) >= 11 is 0. The summed E-state index contributed by atoms with van der Waals surface area (Å²) in [7, 11) is -3.95. The van der Waals surface area contributed by atoms with Crippen molar-refractivity contribution in [2.45, 2.75) is 36.8 Å². The number of carbonyl (C=O) groups is 1. The monoisotopic (exact) mass is 348 g/mol. The summed E-state index contributed by atoms with van der Waals surface area (Å²) in [6, 6.07) is 12.7. The van der Waals surface area contributed by atoms with Gasteiger partial charge < -0.3 is 9.32 Å². The second-order valence-corrected chi connectivity index (χ2v) is 7.49. The fourth-order valence-electron chi connectivity index (χ4n) is 3.10. The maximum Gasteiger partial charge on any atom is 0.289 e. The molecule has 1 saturated heterocycles. The van der Waals surface area contributed by atoms with E-state index in [-0.39, 0.29) is 22.8 Å². The number of nitrogens with zero attached hydrogens (tertiary/aromatic N) is 1. The van der Waals surface area contributed by atoms with Crippen molar-refractivity contribution in [3.63, 3.8) is 0 Å². The standard InChI is InChI=1S/C17H20N2O4S/c18-24(21,22)16-10-9-15(23-16)17(20)19-11-5-4-8-14(19)12-13-6-2-1-3-7-13/h1-3,6-7,9-10,14H,4-5,8,11-12H2,(H2,18,21,22)/t14-/m1/s1. The number of amides is 1. The zero-order chi connectivity index (χ0) is 17.2. The van der Waals surface area contributed by atoms with Crippen molar-refractivity contribution in [1.82, 2.24) is 4.90 Å². The molecule has 2 aromatic rings. The van der Waals surface area contributed by atoms with Gasteiger partial charge >= 0.3 is 0 Å². The predicted octanol–water partition coefficient (Wildman–Crippen LogP) is 2.16. The summed E-state index contributed by atoms with van der Waals surface area (Å²) in [6.45, 7) is 0.641. The third kappa shape index (κ3) is 3.68. The van der Waals surface area contributed by atoms with Crippen molar-refractivity contribution < 1.29 is 17.6 Å². The number of benzene rings is 1. The van der Waals surface area contributed by atoms with Crippen molar-refractivity contribution in [1.29, 1.82) is 0 Å². The number of hydrogen-bond acceptors (Lipinski definition) is 4. The van der Waals surface area contributed by atoms with E-state index in [4.69, 9.17) is 9.56 Å². The van der Waals surface area contributed by atoms with Gasteiger partial charge in [-0.25, -0.2) is 13.6 Å². The molecule has 1 aliphatic rings. The van der Waals surface area contributed by atoms with Gasteiger partial charge in [0.15, 0.2) is 5.76 Å². The highest BCUT2D eigenvalue weighted by molar-refractivity contribution is 7.89. The molecule has 1 amide bonds. The quantitative estimate of drug-likeness (QED) is 0.916. The van der Waals surface area contributed by atoms with E-state index in [1.54, 1.807) is 4.90 Å². The van der Waals surface area contributed by atoms with E-state index >= 15 is 0 Å². The van der Waals surface area contributed by atoms with Gasteiger partial charge in [-0.05, 0) is 43.4 Å². The summed E-state index contributed by atoms with van der Waals surface area (Å²) in [5.41, 5.74) is 1.17. The van der Waals surface area contributed by atoms with Crippen LogP contribution >= 0.6 is 0 Å². The maximum atomic E-state index is 12.7.